The van der Waals surface area contributed by atoms with E-state index in [0.717, 1.165) is 61.0 Å². The summed E-state index contributed by atoms with van der Waals surface area (Å²) in [4.78, 5) is 17.7. The number of para-hydroxylation sites is 2. The SMILES string of the molecule is c1ccc2cc3c(cc2c1)-c1cccc2cccc(c12)N3c1nc(-c2cccc3cccnc23)c2oc3ccccc3c2n1. The average molecular weight is 563 g/mol. The maximum absolute atomic E-state index is 6.50. The van der Waals surface area contributed by atoms with Crippen molar-refractivity contribution in [3.8, 4) is 22.4 Å². The fourth-order valence-corrected chi connectivity index (χ4v) is 6.86. The number of rotatable bonds is 2. The summed E-state index contributed by atoms with van der Waals surface area (Å²) in [5.74, 6) is 0.588. The van der Waals surface area contributed by atoms with Crippen LogP contribution in [0.3, 0.4) is 0 Å². The standard InChI is InChI=1S/C39H22N4O/c1-2-10-26-22-32-30(21-25(26)9-1)27-16-5-11-23-12-7-18-31(34(23)27)43(32)39-41-36-28-15-3-4-19-33(28)44-38(36)37(42-39)29-17-6-13-24-14-8-20-40-35(24)29/h1-22H. The molecule has 0 radical (unpaired) electrons. The third kappa shape index (κ3) is 3.21. The van der Waals surface area contributed by atoms with Gasteiger partial charge in [0.2, 0.25) is 5.95 Å². The van der Waals surface area contributed by atoms with E-state index < -0.39 is 0 Å². The second-order valence-corrected chi connectivity index (χ2v) is 11.3. The minimum Gasteiger partial charge on any atom is -0.452 e. The van der Waals surface area contributed by atoms with Gasteiger partial charge in [-0.05, 0) is 58.1 Å². The molecule has 4 heterocycles. The molecule has 0 N–H and O–H groups in total. The molecule has 0 aliphatic carbocycles. The van der Waals surface area contributed by atoms with E-state index in [4.69, 9.17) is 19.4 Å². The van der Waals surface area contributed by atoms with E-state index in [2.05, 4.69) is 108 Å². The second kappa shape index (κ2) is 8.72. The summed E-state index contributed by atoms with van der Waals surface area (Å²) in [6, 6.07) is 44.4. The van der Waals surface area contributed by atoms with Crippen molar-refractivity contribution in [1.29, 1.82) is 0 Å². The second-order valence-electron chi connectivity index (χ2n) is 11.3. The summed E-state index contributed by atoms with van der Waals surface area (Å²) in [5, 5.41) is 6.72. The van der Waals surface area contributed by atoms with Gasteiger partial charge >= 0.3 is 0 Å². The summed E-state index contributed by atoms with van der Waals surface area (Å²) < 4.78 is 6.50. The van der Waals surface area contributed by atoms with Crippen LogP contribution >= 0.6 is 0 Å². The fraction of sp³-hybridized carbons (Fsp3) is 0. The van der Waals surface area contributed by atoms with Crippen LogP contribution in [0, 0.1) is 0 Å². The molecule has 0 saturated carbocycles. The van der Waals surface area contributed by atoms with Crippen LogP contribution in [0.1, 0.15) is 0 Å². The number of anilines is 3. The zero-order valence-electron chi connectivity index (χ0n) is 23.4. The van der Waals surface area contributed by atoms with Crippen molar-refractivity contribution >= 4 is 71.8 Å². The third-order valence-electron chi connectivity index (χ3n) is 8.81. The predicted molar refractivity (Wildman–Crippen MR) is 179 cm³/mol. The van der Waals surface area contributed by atoms with Crippen molar-refractivity contribution < 1.29 is 4.42 Å². The molecule has 0 bridgehead atoms. The molecule has 0 unspecified atom stereocenters. The number of fused-ring (bicyclic) bond motifs is 7. The minimum absolute atomic E-state index is 0.588. The van der Waals surface area contributed by atoms with Gasteiger partial charge in [0.25, 0.3) is 0 Å². The molecule has 44 heavy (non-hydrogen) atoms. The molecule has 5 nitrogen and oxygen atoms in total. The van der Waals surface area contributed by atoms with Crippen molar-refractivity contribution in [2.75, 3.05) is 4.90 Å². The van der Waals surface area contributed by atoms with Crippen LogP contribution in [-0.2, 0) is 0 Å². The Morgan fingerprint density at radius 3 is 2.16 bits per heavy atom. The maximum Gasteiger partial charge on any atom is 0.236 e. The van der Waals surface area contributed by atoms with Crippen molar-refractivity contribution in [2.24, 2.45) is 0 Å². The molecule has 10 rings (SSSR count). The van der Waals surface area contributed by atoms with Gasteiger partial charge in [-0.1, -0.05) is 91.0 Å². The molecular weight excluding hydrogens is 540 g/mol. The summed E-state index contributed by atoms with van der Waals surface area (Å²) in [7, 11) is 0. The van der Waals surface area contributed by atoms with Crippen LogP contribution in [-0.4, -0.2) is 15.0 Å². The number of hydrogen-bond acceptors (Lipinski definition) is 5. The zero-order chi connectivity index (χ0) is 28.8. The molecule has 0 spiro atoms. The average Bonchev–Trinajstić information content (AvgIpc) is 3.46. The van der Waals surface area contributed by atoms with Crippen LogP contribution in [0.15, 0.2) is 138 Å². The largest absolute Gasteiger partial charge is 0.452 e. The first-order chi connectivity index (χ1) is 21.8. The first-order valence-electron chi connectivity index (χ1n) is 14.7. The summed E-state index contributed by atoms with van der Waals surface area (Å²) >= 11 is 0. The molecule has 5 heteroatoms. The van der Waals surface area contributed by atoms with E-state index in [-0.39, 0.29) is 0 Å². The molecular formula is C39H22N4O. The van der Waals surface area contributed by atoms with Gasteiger partial charge in [-0.3, -0.25) is 9.88 Å². The Balaban J connectivity index is 1.36. The lowest BCUT2D eigenvalue weighted by molar-refractivity contribution is 0.667. The highest BCUT2D eigenvalue weighted by Gasteiger charge is 2.30. The van der Waals surface area contributed by atoms with Crippen LogP contribution in [0.4, 0.5) is 17.3 Å². The highest BCUT2D eigenvalue weighted by Crippen LogP contribution is 2.52. The van der Waals surface area contributed by atoms with Crippen molar-refractivity contribution in [1.82, 2.24) is 15.0 Å². The van der Waals surface area contributed by atoms with Crippen molar-refractivity contribution in [2.45, 2.75) is 0 Å². The molecule has 1 aliphatic rings. The Kier molecular flexibility index (Phi) is 4.66. The summed E-state index contributed by atoms with van der Waals surface area (Å²) in [5.41, 5.74) is 9.18. The first-order valence-corrected chi connectivity index (χ1v) is 14.7. The molecule has 1 aliphatic heterocycles. The van der Waals surface area contributed by atoms with E-state index in [0.29, 0.717) is 11.5 Å². The summed E-state index contributed by atoms with van der Waals surface area (Å²) in [6.07, 6.45) is 1.83. The fourth-order valence-electron chi connectivity index (χ4n) is 6.86. The minimum atomic E-state index is 0.588. The van der Waals surface area contributed by atoms with Gasteiger partial charge in [-0.2, -0.15) is 0 Å². The number of furan rings is 1. The number of aromatic nitrogens is 3. The maximum atomic E-state index is 6.50. The van der Waals surface area contributed by atoms with E-state index in [1.165, 1.54) is 21.7 Å². The first kappa shape index (κ1) is 23.5. The van der Waals surface area contributed by atoms with Gasteiger partial charge in [0.15, 0.2) is 5.58 Å². The normalized spacial score (nSPS) is 12.5. The number of pyridine rings is 1. The predicted octanol–water partition coefficient (Wildman–Crippen LogP) is 10.3. The highest BCUT2D eigenvalue weighted by molar-refractivity contribution is 6.16. The van der Waals surface area contributed by atoms with Gasteiger partial charge < -0.3 is 4.42 Å². The molecule has 3 aromatic heterocycles. The van der Waals surface area contributed by atoms with Crippen LogP contribution < -0.4 is 4.90 Å². The molecule has 204 valence electrons. The molecule has 6 aromatic carbocycles. The van der Waals surface area contributed by atoms with Gasteiger partial charge in [-0.25, -0.2) is 9.97 Å². The Labute approximate surface area is 251 Å². The Bertz CT molecular complexity index is 2630. The molecule has 0 atom stereocenters. The zero-order valence-corrected chi connectivity index (χ0v) is 23.4. The lowest BCUT2D eigenvalue weighted by Gasteiger charge is -2.32. The van der Waals surface area contributed by atoms with Crippen molar-refractivity contribution in [3.05, 3.63) is 134 Å². The van der Waals surface area contributed by atoms with E-state index in [9.17, 15) is 0 Å². The third-order valence-corrected chi connectivity index (χ3v) is 8.81. The Morgan fingerprint density at radius 2 is 1.25 bits per heavy atom. The topological polar surface area (TPSA) is 55.1 Å². The Morgan fingerprint density at radius 1 is 0.523 bits per heavy atom. The Hall–Kier alpha value is -6.07. The van der Waals surface area contributed by atoms with Crippen LogP contribution in [0.2, 0.25) is 0 Å². The smallest absolute Gasteiger partial charge is 0.236 e. The van der Waals surface area contributed by atoms with Gasteiger partial charge in [0, 0.05) is 33.5 Å². The number of nitrogens with zero attached hydrogens (tertiary/aromatic N) is 4. The quantitative estimate of drug-likeness (QED) is 0.210. The molecule has 9 aromatic rings. The van der Waals surface area contributed by atoms with E-state index in [1.54, 1.807) is 0 Å². The monoisotopic (exact) mass is 562 g/mol. The van der Waals surface area contributed by atoms with Gasteiger partial charge in [0.1, 0.15) is 16.8 Å². The van der Waals surface area contributed by atoms with Crippen molar-refractivity contribution in [3.63, 3.8) is 0 Å². The van der Waals surface area contributed by atoms with Crippen LogP contribution in [0.25, 0.3) is 76.9 Å². The summed E-state index contributed by atoms with van der Waals surface area (Å²) in [6.45, 7) is 0. The lowest BCUT2D eigenvalue weighted by atomic mass is 9.89. The van der Waals surface area contributed by atoms with Gasteiger partial charge in [-0.15, -0.1) is 0 Å². The highest BCUT2D eigenvalue weighted by atomic mass is 16.3. The lowest BCUT2D eigenvalue weighted by Crippen LogP contribution is -2.18. The number of benzene rings is 6. The van der Waals surface area contributed by atoms with E-state index in [1.807, 2.05) is 30.5 Å². The number of hydrogen-bond donors (Lipinski definition) is 0. The van der Waals surface area contributed by atoms with Crippen LogP contribution in [0.5, 0.6) is 0 Å². The van der Waals surface area contributed by atoms with E-state index >= 15 is 0 Å². The molecule has 0 fully saturated rings. The molecule has 0 saturated heterocycles. The van der Waals surface area contributed by atoms with Gasteiger partial charge in [0.05, 0.1) is 16.9 Å². The molecule has 0 amide bonds.